The van der Waals surface area contributed by atoms with E-state index in [2.05, 4.69) is 60.3 Å². The van der Waals surface area contributed by atoms with E-state index in [1.165, 1.54) is 18.4 Å². The van der Waals surface area contributed by atoms with E-state index in [-0.39, 0.29) is 16.9 Å². The first-order chi connectivity index (χ1) is 13.9. The van der Waals surface area contributed by atoms with E-state index in [4.69, 9.17) is 0 Å². The lowest BCUT2D eigenvalue weighted by Gasteiger charge is -2.49. The summed E-state index contributed by atoms with van der Waals surface area (Å²) in [5.74, 6) is 0.274. The lowest BCUT2D eigenvalue weighted by atomic mass is 9.64. The fourth-order valence-electron chi connectivity index (χ4n) is 6.02. The second kappa shape index (κ2) is 7.76. The number of hydrogen-bond donors (Lipinski definition) is 0. The summed E-state index contributed by atoms with van der Waals surface area (Å²) < 4.78 is 0. The average molecular weight is 394 g/mol. The van der Waals surface area contributed by atoms with Crippen LogP contribution in [0.5, 0.6) is 0 Å². The van der Waals surface area contributed by atoms with Gasteiger partial charge in [-0.15, -0.1) is 0 Å². The molecule has 0 radical (unpaired) electrons. The first kappa shape index (κ1) is 20.4. The molecule has 1 saturated heterocycles. The second-order valence-electron chi connectivity index (χ2n) is 10.1. The van der Waals surface area contributed by atoms with E-state index < -0.39 is 0 Å². The molecule has 1 aliphatic heterocycles. The van der Waals surface area contributed by atoms with Crippen molar-refractivity contribution in [2.24, 2.45) is 10.8 Å². The SMILES string of the molecule is CN(C)C1(c2ccccc2)CCC2(CCN(C(=O)CCC3(C#N)CCC3)C2)CC1. The molecule has 4 heteroatoms. The first-order valence-electron chi connectivity index (χ1n) is 11.3. The fraction of sp³-hybridized carbons (Fsp3) is 0.680. The van der Waals surface area contributed by atoms with E-state index in [1.54, 1.807) is 0 Å². The number of benzene rings is 1. The van der Waals surface area contributed by atoms with Gasteiger partial charge in [-0.3, -0.25) is 9.69 Å². The topological polar surface area (TPSA) is 47.3 Å². The summed E-state index contributed by atoms with van der Waals surface area (Å²) in [4.78, 5) is 17.4. The van der Waals surface area contributed by atoms with Crippen LogP contribution < -0.4 is 0 Å². The van der Waals surface area contributed by atoms with Crippen molar-refractivity contribution in [3.63, 3.8) is 0 Å². The van der Waals surface area contributed by atoms with Crippen molar-refractivity contribution in [1.82, 2.24) is 9.80 Å². The molecule has 4 rings (SSSR count). The van der Waals surface area contributed by atoms with Gasteiger partial charge in [-0.05, 0) is 76.4 Å². The van der Waals surface area contributed by atoms with Crippen LogP contribution in [0, 0.1) is 22.2 Å². The highest BCUT2D eigenvalue weighted by atomic mass is 16.2. The first-order valence-corrected chi connectivity index (χ1v) is 11.3. The molecule has 0 N–H and O–H groups in total. The molecular formula is C25H35N3O. The van der Waals surface area contributed by atoms with Crippen molar-refractivity contribution >= 4 is 5.91 Å². The molecule has 29 heavy (non-hydrogen) atoms. The Hall–Kier alpha value is -1.86. The van der Waals surface area contributed by atoms with Crippen LogP contribution in [-0.2, 0) is 10.3 Å². The Labute approximate surface area is 175 Å². The number of amides is 1. The third kappa shape index (κ3) is 3.70. The predicted octanol–water partition coefficient (Wildman–Crippen LogP) is 4.71. The van der Waals surface area contributed by atoms with Crippen LogP contribution in [0.15, 0.2) is 30.3 Å². The molecule has 1 aromatic carbocycles. The Bertz CT molecular complexity index is 767. The van der Waals surface area contributed by atoms with E-state index in [0.717, 1.165) is 58.0 Å². The Morgan fingerprint density at radius 1 is 1.07 bits per heavy atom. The number of rotatable bonds is 5. The van der Waals surface area contributed by atoms with Gasteiger partial charge in [0.2, 0.25) is 5.91 Å². The van der Waals surface area contributed by atoms with Gasteiger partial charge >= 0.3 is 0 Å². The molecule has 1 aromatic rings. The van der Waals surface area contributed by atoms with E-state index in [9.17, 15) is 10.1 Å². The third-order valence-corrected chi connectivity index (χ3v) is 8.46. The molecule has 1 heterocycles. The Morgan fingerprint density at radius 2 is 1.76 bits per heavy atom. The zero-order valence-corrected chi connectivity index (χ0v) is 18.1. The molecule has 2 saturated carbocycles. The van der Waals surface area contributed by atoms with Crippen molar-refractivity contribution in [2.45, 2.75) is 69.7 Å². The van der Waals surface area contributed by atoms with Crippen molar-refractivity contribution in [2.75, 3.05) is 27.2 Å². The number of carbonyl (C=O) groups is 1. The zero-order valence-electron chi connectivity index (χ0n) is 18.1. The summed E-state index contributed by atoms with van der Waals surface area (Å²) in [5, 5.41) is 9.42. The van der Waals surface area contributed by atoms with Crippen LogP contribution in [0.2, 0.25) is 0 Å². The molecule has 0 atom stereocenters. The summed E-state index contributed by atoms with van der Waals surface area (Å²) in [6, 6.07) is 13.4. The van der Waals surface area contributed by atoms with Gasteiger partial charge in [0.15, 0.2) is 0 Å². The monoisotopic (exact) mass is 393 g/mol. The van der Waals surface area contributed by atoms with Gasteiger partial charge < -0.3 is 4.90 Å². The molecule has 0 aromatic heterocycles. The number of nitrogens with zero attached hydrogens (tertiary/aromatic N) is 3. The average Bonchev–Trinajstić information content (AvgIpc) is 3.12. The van der Waals surface area contributed by atoms with Crippen LogP contribution in [0.3, 0.4) is 0 Å². The van der Waals surface area contributed by atoms with Crippen LogP contribution in [0.25, 0.3) is 0 Å². The van der Waals surface area contributed by atoms with E-state index in [1.807, 2.05) is 0 Å². The standard InChI is InChI=1S/C25H35N3O/c1-27(2)25(21-7-4-3-5-8-21)15-13-24(14-16-25)17-18-28(20-24)22(29)9-12-23(19-26)10-6-11-23/h3-5,7-8H,6,9-18,20H2,1-2H3. The molecule has 1 amide bonds. The van der Waals surface area contributed by atoms with Gasteiger partial charge in [-0.25, -0.2) is 0 Å². The van der Waals surface area contributed by atoms with Crippen LogP contribution in [-0.4, -0.2) is 42.9 Å². The van der Waals surface area contributed by atoms with Gasteiger partial charge in [0, 0.05) is 25.0 Å². The minimum Gasteiger partial charge on any atom is -0.342 e. The summed E-state index contributed by atoms with van der Waals surface area (Å²) in [6.45, 7) is 1.82. The Morgan fingerprint density at radius 3 is 2.31 bits per heavy atom. The number of nitriles is 1. The number of carbonyl (C=O) groups excluding carboxylic acids is 1. The fourth-order valence-corrected chi connectivity index (χ4v) is 6.02. The molecular weight excluding hydrogens is 358 g/mol. The van der Waals surface area contributed by atoms with Gasteiger partial charge in [-0.1, -0.05) is 36.8 Å². The molecule has 0 unspecified atom stereocenters. The molecule has 0 bridgehead atoms. The summed E-state index contributed by atoms with van der Waals surface area (Å²) in [5.41, 5.74) is 1.65. The largest absolute Gasteiger partial charge is 0.342 e. The minimum absolute atomic E-state index is 0.118. The number of hydrogen-bond acceptors (Lipinski definition) is 3. The molecule has 1 spiro atoms. The van der Waals surface area contributed by atoms with Gasteiger partial charge in [-0.2, -0.15) is 5.26 Å². The lowest BCUT2D eigenvalue weighted by molar-refractivity contribution is -0.131. The maximum atomic E-state index is 12.8. The highest BCUT2D eigenvalue weighted by Crippen LogP contribution is 2.52. The van der Waals surface area contributed by atoms with Crippen molar-refractivity contribution in [1.29, 1.82) is 5.26 Å². The van der Waals surface area contributed by atoms with E-state index in [0.29, 0.717) is 11.8 Å². The maximum absolute atomic E-state index is 12.8. The smallest absolute Gasteiger partial charge is 0.222 e. The second-order valence-corrected chi connectivity index (χ2v) is 10.1. The Balaban J connectivity index is 1.37. The number of likely N-dealkylation sites (tertiary alicyclic amines) is 1. The molecule has 156 valence electrons. The van der Waals surface area contributed by atoms with Crippen molar-refractivity contribution < 1.29 is 4.79 Å². The lowest BCUT2D eigenvalue weighted by Crippen LogP contribution is -2.47. The quantitative estimate of drug-likeness (QED) is 0.728. The zero-order chi connectivity index (χ0) is 20.5. The molecule has 3 aliphatic rings. The summed E-state index contributed by atoms with van der Waals surface area (Å²) in [7, 11) is 4.42. The van der Waals surface area contributed by atoms with Crippen LogP contribution in [0.4, 0.5) is 0 Å². The predicted molar refractivity (Wildman–Crippen MR) is 115 cm³/mol. The highest BCUT2D eigenvalue weighted by molar-refractivity contribution is 5.76. The minimum atomic E-state index is -0.196. The normalized spacial score (nSPS) is 30.9. The molecule has 3 fully saturated rings. The van der Waals surface area contributed by atoms with E-state index >= 15 is 0 Å². The van der Waals surface area contributed by atoms with Gasteiger partial charge in [0.05, 0.1) is 11.5 Å². The summed E-state index contributed by atoms with van der Waals surface area (Å²) >= 11 is 0. The van der Waals surface area contributed by atoms with Gasteiger partial charge in [0.1, 0.15) is 0 Å². The highest BCUT2D eigenvalue weighted by Gasteiger charge is 2.48. The van der Waals surface area contributed by atoms with Crippen LogP contribution >= 0.6 is 0 Å². The van der Waals surface area contributed by atoms with Gasteiger partial charge in [0.25, 0.3) is 0 Å². The van der Waals surface area contributed by atoms with Crippen LogP contribution in [0.1, 0.15) is 69.8 Å². The van der Waals surface area contributed by atoms with Crippen molar-refractivity contribution in [3.05, 3.63) is 35.9 Å². The third-order valence-electron chi connectivity index (χ3n) is 8.46. The van der Waals surface area contributed by atoms with Crippen molar-refractivity contribution in [3.8, 4) is 6.07 Å². The molecule has 2 aliphatic carbocycles. The Kier molecular flexibility index (Phi) is 5.46. The summed E-state index contributed by atoms with van der Waals surface area (Å²) in [6.07, 6.45) is 10.2. The maximum Gasteiger partial charge on any atom is 0.222 e. The molecule has 4 nitrogen and oxygen atoms in total.